The molecule has 1 aliphatic rings. The van der Waals surface area contributed by atoms with Crippen molar-refractivity contribution in [2.45, 2.75) is 19.4 Å². The highest BCUT2D eigenvalue weighted by atomic mass is 32.2. The number of nitrogens with zero attached hydrogens (tertiary/aromatic N) is 1. The van der Waals surface area contributed by atoms with E-state index in [1.807, 2.05) is 31.2 Å². The Labute approximate surface area is 149 Å². The fourth-order valence-electron chi connectivity index (χ4n) is 2.66. The van der Waals surface area contributed by atoms with Crippen molar-refractivity contribution in [1.29, 1.82) is 0 Å². The molecule has 1 aromatic rings. The molecule has 1 fully saturated rings. The molecule has 1 N–H and O–H groups in total. The highest BCUT2D eigenvalue weighted by Crippen LogP contribution is 2.18. The van der Waals surface area contributed by atoms with Gasteiger partial charge in [0.15, 0.2) is 0 Å². The number of ether oxygens (including phenoxy) is 2. The van der Waals surface area contributed by atoms with E-state index in [9.17, 15) is 13.2 Å². The van der Waals surface area contributed by atoms with Crippen molar-refractivity contribution in [2.24, 2.45) is 5.92 Å². The van der Waals surface area contributed by atoms with Gasteiger partial charge in [-0.3, -0.25) is 4.79 Å². The predicted molar refractivity (Wildman–Crippen MR) is 95.0 cm³/mol. The third kappa shape index (κ3) is 5.69. The van der Waals surface area contributed by atoms with Crippen LogP contribution in [0.5, 0.6) is 5.75 Å². The van der Waals surface area contributed by atoms with Crippen LogP contribution in [-0.4, -0.2) is 64.3 Å². The summed E-state index contributed by atoms with van der Waals surface area (Å²) >= 11 is 0. The van der Waals surface area contributed by atoms with Crippen LogP contribution in [0.4, 0.5) is 0 Å². The number of rotatable bonds is 8. The summed E-state index contributed by atoms with van der Waals surface area (Å²) in [5.41, 5.74) is 0.873. The van der Waals surface area contributed by atoms with Gasteiger partial charge in [0.25, 0.3) is 0 Å². The van der Waals surface area contributed by atoms with Crippen molar-refractivity contribution < 1.29 is 22.7 Å². The van der Waals surface area contributed by atoms with E-state index in [0.29, 0.717) is 19.8 Å². The lowest BCUT2D eigenvalue weighted by atomic mass is 10.1. The summed E-state index contributed by atoms with van der Waals surface area (Å²) < 4.78 is 36.0. The maximum atomic E-state index is 12.3. The Kier molecular flexibility index (Phi) is 6.80. The largest absolute Gasteiger partial charge is 0.494 e. The normalized spacial score (nSPS) is 20.6. The van der Waals surface area contributed by atoms with Crippen LogP contribution in [0.3, 0.4) is 0 Å². The second kappa shape index (κ2) is 8.64. The van der Waals surface area contributed by atoms with E-state index >= 15 is 0 Å². The SMILES string of the molecule is CCOc1ccc(CC(=O)N[C@H]2COC[C@H]2CS(=O)(=O)N(C)C)cc1. The molecule has 8 heteroatoms. The van der Waals surface area contributed by atoms with Gasteiger partial charge < -0.3 is 14.8 Å². The van der Waals surface area contributed by atoms with E-state index in [4.69, 9.17) is 9.47 Å². The molecule has 0 saturated carbocycles. The highest BCUT2D eigenvalue weighted by molar-refractivity contribution is 7.89. The van der Waals surface area contributed by atoms with Crippen molar-refractivity contribution >= 4 is 15.9 Å². The maximum absolute atomic E-state index is 12.3. The van der Waals surface area contributed by atoms with Gasteiger partial charge in [0.05, 0.1) is 38.0 Å². The fourth-order valence-corrected chi connectivity index (χ4v) is 3.82. The molecule has 0 aromatic heterocycles. The van der Waals surface area contributed by atoms with E-state index < -0.39 is 10.0 Å². The third-order valence-electron chi connectivity index (χ3n) is 4.12. The van der Waals surface area contributed by atoms with Crippen LogP contribution < -0.4 is 10.1 Å². The molecule has 0 spiro atoms. The highest BCUT2D eigenvalue weighted by Gasteiger charge is 2.34. The number of hydrogen-bond acceptors (Lipinski definition) is 5. The first-order valence-corrected chi connectivity index (χ1v) is 9.91. The minimum Gasteiger partial charge on any atom is -0.494 e. The van der Waals surface area contributed by atoms with Gasteiger partial charge in [0.2, 0.25) is 15.9 Å². The molecule has 1 aromatic carbocycles. The topological polar surface area (TPSA) is 84.9 Å². The molecular weight excluding hydrogens is 344 g/mol. The van der Waals surface area contributed by atoms with Gasteiger partial charge in [-0.15, -0.1) is 0 Å². The van der Waals surface area contributed by atoms with Gasteiger partial charge in [-0.05, 0) is 24.6 Å². The zero-order chi connectivity index (χ0) is 18.4. The van der Waals surface area contributed by atoms with E-state index in [0.717, 1.165) is 11.3 Å². The molecule has 0 unspecified atom stereocenters. The molecular formula is C17H26N2O5S. The van der Waals surface area contributed by atoms with Crippen molar-refractivity contribution in [3.63, 3.8) is 0 Å². The Morgan fingerprint density at radius 3 is 2.56 bits per heavy atom. The third-order valence-corrected chi connectivity index (χ3v) is 6.09. The minimum atomic E-state index is -3.33. The fraction of sp³-hybridized carbons (Fsp3) is 0.588. The second-order valence-electron chi connectivity index (χ2n) is 6.29. The Morgan fingerprint density at radius 1 is 1.28 bits per heavy atom. The lowest BCUT2D eigenvalue weighted by molar-refractivity contribution is -0.121. The number of sulfonamides is 1. The lowest BCUT2D eigenvalue weighted by Gasteiger charge is -2.21. The van der Waals surface area contributed by atoms with E-state index in [-0.39, 0.29) is 30.0 Å². The van der Waals surface area contributed by atoms with Gasteiger partial charge in [-0.2, -0.15) is 0 Å². The summed E-state index contributed by atoms with van der Waals surface area (Å²) in [6, 6.07) is 7.08. The first-order valence-electron chi connectivity index (χ1n) is 8.31. The Balaban J connectivity index is 1.90. The molecule has 2 rings (SSSR count). The van der Waals surface area contributed by atoms with Crippen molar-refractivity contribution in [1.82, 2.24) is 9.62 Å². The molecule has 1 heterocycles. The first kappa shape index (κ1) is 19.7. The predicted octanol–water partition coefficient (Wildman–Crippen LogP) is 0.650. The van der Waals surface area contributed by atoms with Crippen molar-refractivity contribution in [3.8, 4) is 5.75 Å². The Morgan fingerprint density at radius 2 is 1.96 bits per heavy atom. The van der Waals surface area contributed by atoms with Crippen LogP contribution in [0.15, 0.2) is 24.3 Å². The Hall–Kier alpha value is -1.64. The van der Waals surface area contributed by atoms with E-state index in [1.54, 1.807) is 0 Å². The molecule has 2 atom stereocenters. The van der Waals surface area contributed by atoms with Crippen LogP contribution in [0, 0.1) is 5.92 Å². The van der Waals surface area contributed by atoms with Crippen LogP contribution >= 0.6 is 0 Å². The molecule has 0 aliphatic carbocycles. The lowest BCUT2D eigenvalue weighted by Crippen LogP contribution is -2.44. The number of benzene rings is 1. The van der Waals surface area contributed by atoms with Gasteiger partial charge in [-0.25, -0.2) is 12.7 Å². The molecule has 7 nitrogen and oxygen atoms in total. The Bertz CT molecular complexity index is 673. The van der Waals surface area contributed by atoms with Crippen molar-refractivity contribution in [3.05, 3.63) is 29.8 Å². The molecule has 25 heavy (non-hydrogen) atoms. The summed E-state index contributed by atoms with van der Waals surface area (Å²) in [4.78, 5) is 12.3. The zero-order valence-electron chi connectivity index (χ0n) is 14.9. The monoisotopic (exact) mass is 370 g/mol. The van der Waals surface area contributed by atoms with Crippen molar-refractivity contribution in [2.75, 3.05) is 39.7 Å². The van der Waals surface area contributed by atoms with Gasteiger partial charge >= 0.3 is 0 Å². The van der Waals surface area contributed by atoms with E-state index in [2.05, 4.69) is 5.32 Å². The molecule has 0 bridgehead atoms. The number of nitrogens with one attached hydrogen (secondary N) is 1. The molecule has 1 saturated heterocycles. The van der Waals surface area contributed by atoms with E-state index in [1.165, 1.54) is 18.4 Å². The van der Waals surface area contributed by atoms with Gasteiger partial charge in [-0.1, -0.05) is 12.1 Å². The molecule has 1 amide bonds. The number of amides is 1. The summed E-state index contributed by atoms with van der Waals surface area (Å²) in [6.07, 6.45) is 0.232. The average Bonchev–Trinajstić information content (AvgIpc) is 2.95. The summed E-state index contributed by atoms with van der Waals surface area (Å²) in [5, 5.41) is 2.90. The number of carbonyl (C=O) groups is 1. The minimum absolute atomic E-state index is 0.0337. The quantitative estimate of drug-likeness (QED) is 0.726. The maximum Gasteiger partial charge on any atom is 0.224 e. The first-order chi connectivity index (χ1) is 11.8. The molecule has 140 valence electrons. The molecule has 0 radical (unpaired) electrons. The number of hydrogen-bond donors (Lipinski definition) is 1. The summed E-state index contributed by atoms with van der Waals surface area (Å²) in [5.74, 6) is 0.349. The van der Waals surface area contributed by atoms with Crippen LogP contribution in [0.2, 0.25) is 0 Å². The molecule has 1 aliphatic heterocycles. The van der Waals surface area contributed by atoms with Crippen LogP contribution in [0.25, 0.3) is 0 Å². The average molecular weight is 370 g/mol. The van der Waals surface area contributed by atoms with Gasteiger partial charge in [0.1, 0.15) is 5.75 Å². The smallest absolute Gasteiger partial charge is 0.224 e. The van der Waals surface area contributed by atoms with Crippen LogP contribution in [-0.2, 0) is 26.0 Å². The van der Waals surface area contributed by atoms with Crippen LogP contribution in [0.1, 0.15) is 12.5 Å². The summed E-state index contributed by atoms with van der Waals surface area (Å²) in [7, 11) is -0.322. The standard InChI is InChI=1S/C17H26N2O5S/c1-4-24-15-7-5-13(6-8-15)9-17(20)18-16-11-23-10-14(16)12-25(21,22)19(2)3/h5-8,14,16H,4,9-12H2,1-3H3,(H,18,20)/t14-,16-/m0/s1. The second-order valence-corrected chi connectivity index (χ2v) is 8.51. The number of carbonyl (C=O) groups excluding carboxylic acids is 1. The summed E-state index contributed by atoms with van der Waals surface area (Å²) in [6.45, 7) is 3.18. The van der Waals surface area contributed by atoms with Gasteiger partial charge in [0, 0.05) is 20.0 Å². The zero-order valence-corrected chi connectivity index (χ0v) is 15.7.